The molecule has 2 aliphatic heterocycles. The van der Waals surface area contributed by atoms with Gasteiger partial charge in [0.05, 0.1) is 23.6 Å². The molecule has 7 rings (SSSR count). The maximum Gasteiger partial charge on any atom is 0.455 e. The number of carbonyl (C=O) groups is 2. The summed E-state index contributed by atoms with van der Waals surface area (Å²) < 4.78 is 18.2. The lowest BCUT2D eigenvalue weighted by Gasteiger charge is -2.43. The molecule has 3 heterocycles. The van der Waals surface area contributed by atoms with E-state index in [0.717, 1.165) is 34.5 Å². The average Bonchev–Trinajstić information content (AvgIpc) is 3.70. The van der Waals surface area contributed by atoms with Crippen molar-refractivity contribution in [1.82, 2.24) is 0 Å². The van der Waals surface area contributed by atoms with Gasteiger partial charge in [-0.15, -0.1) is 0 Å². The Morgan fingerprint density at radius 1 is 0.940 bits per heavy atom. The number of carbonyl (C=O) groups excluding carboxylic acids is 2. The molecule has 3 N–H and O–H groups in total. The number of anilines is 3. The number of allylic oxidation sites excluding steroid dienone is 1. The molecule has 10 heteroatoms. The lowest BCUT2D eigenvalue weighted by molar-refractivity contribution is -0.122. The molecule has 0 unspecified atom stereocenters. The number of furan rings is 1. The fraction of sp³-hybridized carbons (Fsp3) is 0.300. The zero-order valence-electron chi connectivity index (χ0n) is 28.0. The minimum Gasteiger partial charge on any atom is -0.489 e. The van der Waals surface area contributed by atoms with Gasteiger partial charge in [-0.05, 0) is 116 Å². The first-order valence-corrected chi connectivity index (χ1v) is 17.3. The summed E-state index contributed by atoms with van der Waals surface area (Å²) in [5.74, 6) is -0.130. The molecular formula is C40H41BN2O7. The van der Waals surface area contributed by atoms with Crippen LogP contribution in [-0.2, 0) is 20.9 Å². The fourth-order valence-electron chi connectivity index (χ4n) is 7.65. The normalized spacial score (nSPS) is 22.1. The van der Waals surface area contributed by atoms with Gasteiger partial charge in [-0.25, -0.2) is 0 Å². The van der Waals surface area contributed by atoms with Crippen LogP contribution in [0, 0.1) is 17.8 Å². The van der Waals surface area contributed by atoms with Crippen LogP contribution in [0.1, 0.15) is 44.1 Å². The Labute approximate surface area is 292 Å². The summed E-state index contributed by atoms with van der Waals surface area (Å²) >= 11 is 0. The summed E-state index contributed by atoms with van der Waals surface area (Å²) in [5, 5.41) is 23.8. The molecule has 256 valence electrons. The Kier molecular flexibility index (Phi) is 10.0. The number of aliphatic hydroxyl groups is 1. The molecule has 1 aromatic heterocycles. The van der Waals surface area contributed by atoms with Crippen molar-refractivity contribution in [3.63, 3.8) is 0 Å². The number of nitrogens with one attached hydrogen (secondary N) is 1. The summed E-state index contributed by atoms with van der Waals surface area (Å²) in [5.41, 5.74) is 5.36. The van der Waals surface area contributed by atoms with Gasteiger partial charge in [0.1, 0.15) is 30.5 Å². The molecule has 0 bridgehead atoms. The Morgan fingerprint density at radius 2 is 1.66 bits per heavy atom. The SMILES string of the molecule is CC/C(=C\c1ccc(CO)o1)CC[C@H]1OB(O)C[C@H]2C1=C(COc1ccccc1)C[C@H]1C(=O)N(c3ccc(Nc4ccccc4)cc3)C(=O)[C@H]12. The third kappa shape index (κ3) is 7.05. The van der Waals surface area contributed by atoms with Gasteiger partial charge >= 0.3 is 7.12 Å². The molecule has 2 fully saturated rings. The number of aliphatic hydroxyl groups excluding tert-OH is 1. The van der Waals surface area contributed by atoms with E-state index >= 15 is 0 Å². The summed E-state index contributed by atoms with van der Waals surface area (Å²) in [7, 11) is -1.07. The largest absolute Gasteiger partial charge is 0.489 e. The maximum absolute atomic E-state index is 14.3. The summed E-state index contributed by atoms with van der Waals surface area (Å²) in [4.78, 5) is 29.8. The first kappa shape index (κ1) is 33.6. The van der Waals surface area contributed by atoms with Crippen LogP contribution in [0.15, 0.2) is 118 Å². The average molecular weight is 673 g/mol. The van der Waals surface area contributed by atoms with Crippen LogP contribution in [0.25, 0.3) is 6.08 Å². The molecule has 0 saturated carbocycles. The number of para-hydroxylation sites is 2. The van der Waals surface area contributed by atoms with Crippen LogP contribution >= 0.6 is 0 Å². The molecule has 4 aromatic rings. The van der Waals surface area contributed by atoms with Crippen molar-refractivity contribution >= 4 is 42.1 Å². The highest BCUT2D eigenvalue weighted by Crippen LogP contribution is 2.51. The summed E-state index contributed by atoms with van der Waals surface area (Å²) in [6.45, 7) is 2.17. The van der Waals surface area contributed by atoms with E-state index in [4.69, 9.17) is 13.8 Å². The molecular weight excluding hydrogens is 631 g/mol. The topological polar surface area (TPSA) is 121 Å². The van der Waals surface area contributed by atoms with E-state index in [-0.39, 0.29) is 37.3 Å². The number of fused-ring (bicyclic) bond motifs is 3. The zero-order valence-corrected chi connectivity index (χ0v) is 28.0. The Hall–Kier alpha value is -4.90. The van der Waals surface area contributed by atoms with E-state index in [2.05, 4.69) is 12.2 Å². The second kappa shape index (κ2) is 14.9. The van der Waals surface area contributed by atoms with Gasteiger partial charge in [-0.1, -0.05) is 48.9 Å². The lowest BCUT2D eigenvalue weighted by Crippen LogP contribution is -2.46. The number of hydrogen-bond acceptors (Lipinski definition) is 8. The van der Waals surface area contributed by atoms with Crippen molar-refractivity contribution in [2.75, 3.05) is 16.8 Å². The predicted molar refractivity (Wildman–Crippen MR) is 192 cm³/mol. The Bertz CT molecular complexity index is 1870. The molecule has 9 nitrogen and oxygen atoms in total. The van der Waals surface area contributed by atoms with Gasteiger partial charge in [0.25, 0.3) is 0 Å². The number of rotatable bonds is 12. The number of nitrogens with zero attached hydrogens (tertiary/aromatic N) is 1. The predicted octanol–water partition coefficient (Wildman–Crippen LogP) is 7.17. The van der Waals surface area contributed by atoms with E-state index in [9.17, 15) is 19.7 Å². The smallest absolute Gasteiger partial charge is 0.455 e. The van der Waals surface area contributed by atoms with Gasteiger partial charge in [0, 0.05) is 11.4 Å². The van der Waals surface area contributed by atoms with E-state index < -0.39 is 25.1 Å². The number of ether oxygens (including phenoxy) is 1. The van der Waals surface area contributed by atoms with E-state index in [1.807, 2.05) is 84.9 Å². The highest BCUT2D eigenvalue weighted by Gasteiger charge is 2.57. The number of amides is 2. The van der Waals surface area contributed by atoms with Gasteiger partial charge in [0.15, 0.2) is 0 Å². The van der Waals surface area contributed by atoms with Crippen LogP contribution in [0.4, 0.5) is 17.1 Å². The van der Waals surface area contributed by atoms with E-state index in [0.29, 0.717) is 42.2 Å². The monoisotopic (exact) mass is 672 g/mol. The molecule has 3 aliphatic rings. The minimum absolute atomic E-state index is 0.163. The molecule has 2 amide bonds. The van der Waals surface area contributed by atoms with Gasteiger partial charge in [0.2, 0.25) is 11.8 Å². The summed E-state index contributed by atoms with van der Waals surface area (Å²) in [6, 6.07) is 30.3. The Morgan fingerprint density at radius 3 is 2.36 bits per heavy atom. The van der Waals surface area contributed by atoms with Crippen molar-refractivity contribution < 1.29 is 33.5 Å². The quantitative estimate of drug-likeness (QED) is 0.0823. The third-order valence-corrected chi connectivity index (χ3v) is 10.0. The highest BCUT2D eigenvalue weighted by atomic mass is 16.5. The first-order valence-electron chi connectivity index (χ1n) is 17.3. The highest BCUT2D eigenvalue weighted by molar-refractivity contribution is 6.43. The van der Waals surface area contributed by atoms with Gasteiger partial charge in [-0.2, -0.15) is 0 Å². The van der Waals surface area contributed by atoms with Crippen molar-refractivity contribution in [2.45, 2.75) is 51.6 Å². The number of imide groups is 1. The zero-order chi connectivity index (χ0) is 34.6. The molecule has 1 aliphatic carbocycles. The maximum atomic E-state index is 14.3. The van der Waals surface area contributed by atoms with Crippen LogP contribution < -0.4 is 15.0 Å². The van der Waals surface area contributed by atoms with Crippen LogP contribution in [0.5, 0.6) is 5.75 Å². The van der Waals surface area contributed by atoms with Crippen molar-refractivity contribution in [1.29, 1.82) is 0 Å². The van der Waals surface area contributed by atoms with E-state index in [1.54, 1.807) is 18.2 Å². The second-order valence-corrected chi connectivity index (χ2v) is 13.1. The van der Waals surface area contributed by atoms with Crippen LogP contribution in [0.2, 0.25) is 6.32 Å². The molecule has 0 spiro atoms. The summed E-state index contributed by atoms with van der Waals surface area (Å²) in [6.07, 6.45) is 4.15. The molecule has 0 radical (unpaired) electrons. The fourth-order valence-corrected chi connectivity index (χ4v) is 7.65. The molecule has 3 aromatic carbocycles. The van der Waals surface area contributed by atoms with Gasteiger partial charge in [-0.3, -0.25) is 14.5 Å². The number of benzene rings is 3. The second-order valence-electron chi connectivity index (χ2n) is 13.1. The first-order chi connectivity index (χ1) is 24.4. The van der Waals surface area contributed by atoms with Crippen molar-refractivity contribution in [2.24, 2.45) is 17.8 Å². The standard InChI is InChI=1S/C40H41BN2O7/c1-2-26(21-32-18-19-33(24-44)49-32)13-20-36-37-27(25-48-31-11-7-4-8-12-31)22-34-38(35(37)23-41(47)50-36)40(46)43(39(34)45)30-16-14-29(15-17-30)42-28-9-5-3-6-10-28/h3-12,14-19,21,34-36,38,42,44,47H,2,13,20,22-25H2,1H3/b26-21+/t34-,35+,36-,38-/m1/s1. The van der Waals surface area contributed by atoms with Crippen molar-refractivity contribution in [3.05, 3.63) is 125 Å². The number of hydrogen-bond donors (Lipinski definition) is 3. The molecule has 50 heavy (non-hydrogen) atoms. The molecule has 4 atom stereocenters. The van der Waals surface area contributed by atoms with Crippen LogP contribution in [-0.4, -0.2) is 41.8 Å². The van der Waals surface area contributed by atoms with E-state index in [1.165, 1.54) is 4.90 Å². The lowest BCUT2D eigenvalue weighted by atomic mass is 9.58. The van der Waals surface area contributed by atoms with Gasteiger partial charge < -0.3 is 29.3 Å². The third-order valence-electron chi connectivity index (χ3n) is 10.0. The molecule has 2 saturated heterocycles. The van der Waals surface area contributed by atoms with Crippen molar-refractivity contribution in [3.8, 4) is 5.75 Å². The minimum atomic E-state index is -1.07. The Balaban J connectivity index is 1.16. The van der Waals surface area contributed by atoms with Crippen LogP contribution in [0.3, 0.4) is 0 Å².